The number of halogens is 6. The van der Waals surface area contributed by atoms with E-state index >= 15 is 0 Å². The van der Waals surface area contributed by atoms with Crippen LogP contribution in [0.1, 0.15) is 19.8 Å². The standard InChI is InChI=1S/C11H15F6NO4S/c1-2-22-8(19)7-3-5-18(6-4-7)23(20,21)11(16,17)10(14,15)9(12)13/h7,9H,2-6H2,1H3. The first kappa shape index (κ1) is 20.0. The van der Waals surface area contributed by atoms with E-state index in [0.29, 0.717) is 0 Å². The zero-order valence-corrected chi connectivity index (χ0v) is 12.8. The second-order valence-corrected chi connectivity index (χ2v) is 6.85. The third-order valence-corrected chi connectivity index (χ3v) is 5.36. The molecule has 0 aromatic heterocycles. The number of nitrogens with zero attached hydrogens (tertiary/aromatic N) is 1. The monoisotopic (exact) mass is 371 g/mol. The molecule has 0 radical (unpaired) electrons. The van der Waals surface area contributed by atoms with Crippen LogP contribution >= 0.6 is 0 Å². The van der Waals surface area contributed by atoms with Crippen LogP contribution in [0.5, 0.6) is 0 Å². The Morgan fingerprint density at radius 3 is 2.09 bits per heavy atom. The lowest BCUT2D eigenvalue weighted by Gasteiger charge is -2.34. The van der Waals surface area contributed by atoms with E-state index in [1.54, 1.807) is 0 Å². The zero-order valence-electron chi connectivity index (χ0n) is 11.9. The molecule has 0 spiro atoms. The summed E-state index contributed by atoms with van der Waals surface area (Å²) < 4.78 is 105. The maximum atomic E-state index is 13.4. The summed E-state index contributed by atoms with van der Waals surface area (Å²) in [5.74, 6) is -7.44. The Kier molecular flexibility index (Phi) is 5.94. The first-order chi connectivity index (χ1) is 10.4. The second kappa shape index (κ2) is 6.83. The Balaban J connectivity index is 2.90. The van der Waals surface area contributed by atoms with Crippen molar-refractivity contribution in [3.05, 3.63) is 0 Å². The van der Waals surface area contributed by atoms with E-state index in [4.69, 9.17) is 0 Å². The summed E-state index contributed by atoms with van der Waals surface area (Å²) in [6.45, 7) is 0.266. The predicted molar refractivity (Wildman–Crippen MR) is 65.7 cm³/mol. The maximum absolute atomic E-state index is 13.4. The molecule has 0 N–H and O–H groups in total. The molecule has 1 rings (SSSR count). The number of sulfonamides is 1. The Morgan fingerprint density at radius 2 is 1.70 bits per heavy atom. The topological polar surface area (TPSA) is 63.7 Å². The van der Waals surface area contributed by atoms with Crippen LogP contribution in [-0.4, -0.2) is 56.0 Å². The van der Waals surface area contributed by atoms with Crippen LogP contribution in [0.25, 0.3) is 0 Å². The van der Waals surface area contributed by atoms with Gasteiger partial charge in [-0.25, -0.2) is 17.2 Å². The summed E-state index contributed by atoms with van der Waals surface area (Å²) in [5, 5.41) is -5.95. The van der Waals surface area contributed by atoms with Gasteiger partial charge in [0, 0.05) is 13.1 Å². The molecular formula is C11H15F6NO4S. The van der Waals surface area contributed by atoms with E-state index in [1.165, 1.54) is 6.92 Å². The molecule has 0 saturated carbocycles. The normalized spacial score (nSPS) is 19.1. The molecule has 5 nitrogen and oxygen atoms in total. The van der Waals surface area contributed by atoms with Gasteiger partial charge < -0.3 is 4.74 Å². The van der Waals surface area contributed by atoms with Gasteiger partial charge in [-0.2, -0.15) is 21.9 Å². The smallest absolute Gasteiger partial charge is 0.426 e. The van der Waals surface area contributed by atoms with Gasteiger partial charge in [0.2, 0.25) is 0 Å². The molecule has 0 aromatic carbocycles. The molecule has 0 atom stereocenters. The van der Waals surface area contributed by atoms with E-state index in [2.05, 4.69) is 4.74 Å². The minimum absolute atomic E-state index is 0.000976. The fourth-order valence-electron chi connectivity index (χ4n) is 2.05. The summed E-state index contributed by atoms with van der Waals surface area (Å²) >= 11 is 0. The summed E-state index contributed by atoms with van der Waals surface area (Å²) in [6.07, 6.45) is -5.30. The van der Waals surface area contributed by atoms with Gasteiger partial charge in [0.15, 0.2) is 0 Å². The van der Waals surface area contributed by atoms with Gasteiger partial charge in [0.1, 0.15) is 0 Å². The fraction of sp³-hybridized carbons (Fsp3) is 0.909. The average molecular weight is 371 g/mol. The van der Waals surface area contributed by atoms with E-state index in [9.17, 15) is 39.6 Å². The van der Waals surface area contributed by atoms with Crippen LogP contribution in [0.2, 0.25) is 0 Å². The number of piperidine rings is 1. The highest BCUT2D eigenvalue weighted by Crippen LogP contribution is 2.44. The van der Waals surface area contributed by atoms with E-state index in [1.807, 2.05) is 0 Å². The van der Waals surface area contributed by atoms with Crippen LogP contribution < -0.4 is 0 Å². The Labute approximate surface area is 128 Å². The minimum atomic E-state index is -6.02. The lowest BCUT2D eigenvalue weighted by atomic mass is 9.98. The van der Waals surface area contributed by atoms with Gasteiger partial charge in [0.25, 0.3) is 10.0 Å². The van der Waals surface area contributed by atoms with Crippen LogP contribution in [0.15, 0.2) is 0 Å². The third-order valence-electron chi connectivity index (χ3n) is 3.40. The second-order valence-electron chi connectivity index (χ2n) is 4.87. The molecule has 1 saturated heterocycles. The molecule has 12 heteroatoms. The zero-order chi connectivity index (χ0) is 18.1. The number of carbonyl (C=O) groups is 1. The van der Waals surface area contributed by atoms with E-state index in [-0.39, 0.29) is 23.8 Å². The Bertz CT molecular complexity index is 531. The van der Waals surface area contributed by atoms with Crippen LogP contribution in [0.3, 0.4) is 0 Å². The lowest BCUT2D eigenvalue weighted by Crippen LogP contribution is -2.57. The first-order valence-corrected chi connectivity index (χ1v) is 8.03. The molecule has 0 aliphatic carbocycles. The number of esters is 1. The molecule has 23 heavy (non-hydrogen) atoms. The van der Waals surface area contributed by atoms with Crippen molar-refractivity contribution in [3.8, 4) is 0 Å². The van der Waals surface area contributed by atoms with Gasteiger partial charge >= 0.3 is 23.6 Å². The highest BCUT2D eigenvalue weighted by molar-refractivity contribution is 7.90. The number of rotatable bonds is 6. The van der Waals surface area contributed by atoms with Gasteiger partial charge in [-0.15, -0.1) is 0 Å². The van der Waals surface area contributed by atoms with Crippen molar-refractivity contribution < 1.29 is 44.3 Å². The van der Waals surface area contributed by atoms with E-state index < -0.39 is 52.6 Å². The molecule has 0 bridgehead atoms. The summed E-state index contributed by atoms with van der Waals surface area (Å²) in [5.41, 5.74) is 0. The largest absolute Gasteiger partial charge is 0.466 e. The van der Waals surface area contributed by atoms with Crippen molar-refractivity contribution in [2.75, 3.05) is 19.7 Å². The van der Waals surface area contributed by atoms with Crippen LogP contribution in [-0.2, 0) is 19.6 Å². The number of hydrogen-bond acceptors (Lipinski definition) is 4. The highest BCUT2D eigenvalue weighted by Gasteiger charge is 2.72. The molecule has 1 aliphatic heterocycles. The fourth-order valence-corrected chi connectivity index (χ4v) is 3.50. The molecule has 1 heterocycles. The number of alkyl halides is 6. The van der Waals surface area contributed by atoms with Gasteiger partial charge in [-0.1, -0.05) is 0 Å². The molecule has 0 aromatic rings. The molecule has 0 amide bonds. The molecule has 0 unspecified atom stereocenters. The SMILES string of the molecule is CCOC(=O)C1CCN(S(=O)(=O)C(F)(F)C(F)(F)C(F)F)CC1. The Morgan fingerprint density at radius 1 is 1.22 bits per heavy atom. The van der Waals surface area contributed by atoms with E-state index in [0.717, 1.165) is 0 Å². The third kappa shape index (κ3) is 3.57. The number of hydrogen-bond donors (Lipinski definition) is 0. The highest BCUT2D eigenvalue weighted by atomic mass is 32.2. The molecule has 136 valence electrons. The molecular weight excluding hydrogens is 356 g/mol. The van der Waals surface area contributed by atoms with Gasteiger partial charge in [0.05, 0.1) is 12.5 Å². The van der Waals surface area contributed by atoms with Crippen LogP contribution in [0.4, 0.5) is 26.3 Å². The number of ether oxygens (including phenoxy) is 1. The Hall–Kier alpha value is -1.04. The number of carbonyl (C=O) groups excluding carboxylic acids is 1. The van der Waals surface area contributed by atoms with Gasteiger partial charge in [-0.3, -0.25) is 4.79 Å². The van der Waals surface area contributed by atoms with Crippen molar-refractivity contribution >= 4 is 16.0 Å². The van der Waals surface area contributed by atoms with Crippen molar-refractivity contribution in [2.24, 2.45) is 5.92 Å². The van der Waals surface area contributed by atoms with Crippen molar-refractivity contribution in [3.63, 3.8) is 0 Å². The summed E-state index contributed by atoms with van der Waals surface area (Å²) in [6, 6.07) is 0. The van der Waals surface area contributed by atoms with Crippen molar-refractivity contribution in [1.29, 1.82) is 0 Å². The quantitative estimate of drug-likeness (QED) is 0.530. The van der Waals surface area contributed by atoms with Gasteiger partial charge in [-0.05, 0) is 19.8 Å². The van der Waals surface area contributed by atoms with Crippen molar-refractivity contribution in [1.82, 2.24) is 4.31 Å². The summed E-state index contributed by atoms with van der Waals surface area (Å²) in [7, 11) is -6.01. The first-order valence-electron chi connectivity index (χ1n) is 6.59. The van der Waals surface area contributed by atoms with Crippen LogP contribution in [0, 0.1) is 5.92 Å². The average Bonchev–Trinajstić information content (AvgIpc) is 2.47. The summed E-state index contributed by atoms with van der Waals surface area (Å²) in [4.78, 5) is 11.4. The predicted octanol–water partition coefficient (Wildman–Crippen LogP) is 2.08. The molecule has 1 fully saturated rings. The maximum Gasteiger partial charge on any atom is 0.426 e. The molecule has 1 aliphatic rings. The minimum Gasteiger partial charge on any atom is -0.466 e. The van der Waals surface area contributed by atoms with Crippen molar-refractivity contribution in [2.45, 2.75) is 37.4 Å². The lowest BCUT2D eigenvalue weighted by molar-refractivity contribution is -0.226.